The molecule has 0 aliphatic heterocycles. The second-order valence-electron chi connectivity index (χ2n) is 4.92. The van der Waals surface area contributed by atoms with E-state index in [4.69, 9.17) is 11.1 Å². The lowest BCUT2D eigenvalue weighted by molar-refractivity contribution is -0.122. The molecule has 10 heteroatoms. The van der Waals surface area contributed by atoms with Crippen molar-refractivity contribution in [3.8, 4) is 0 Å². The lowest BCUT2D eigenvalue weighted by Gasteiger charge is -2.08. The highest BCUT2D eigenvalue weighted by Gasteiger charge is 2.07. The third-order valence-electron chi connectivity index (χ3n) is 2.71. The maximum Gasteiger partial charge on any atom is 0.220 e. The molecule has 10 nitrogen and oxygen atoms in total. The SMILES string of the molecule is CC(CC(=O)NCCCCNC(=O)CC(C)N=[N+]=[N-])N=[N+]=[N-]. The Labute approximate surface area is 128 Å². The molecule has 0 radical (unpaired) electrons. The van der Waals surface area contributed by atoms with Crippen LogP contribution in [0.15, 0.2) is 10.2 Å². The molecule has 0 saturated heterocycles. The summed E-state index contributed by atoms with van der Waals surface area (Å²) in [5, 5.41) is 12.3. The Bertz CT molecular complexity index is 412. The van der Waals surface area contributed by atoms with Gasteiger partial charge < -0.3 is 10.6 Å². The van der Waals surface area contributed by atoms with Gasteiger partial charge in [-0.3, -0.25) is 9.59 Å². The minimum absolute atomic E-state index is 0.160. The number of hydrogen-bond acceptors (Lipinski definition) is 4. The normalized spacial score (nSPS) is 12.3. The highest BCUT2D eigenvalue weighted by atomic mass is 16.2. The molecule has 0 heterocycles. The largest absolute Gasteiger partial charge is 0.356 e. The van der Waals surface area contributed by atoms with Crippen molar-refractivity contribution in [2.24, 2.45) is 10.2 Å². The lowest BCUT2D eigenvalue weighted by atomic mass is 10.2. The molecule has 0 saturated carbocycles. The first-order valence-electron chi connectivity index (χ1n) is 7.11. The molecular weight excluding hydrogens is 288 g/mol. The standard InChI is InChI=1S/C12H22N8O2/c1-9(17-19-13)7-11(21)15-5-3-4-6-16-12(22)8-10(2)18-20-14/h9-10H,3-8H2,1-2H3,(H,15,21)(H,16,22). The van der Waals surface area contributed by atoms with Crippen molar-refractivity contribution < 1.29 is 9.59 Å². The summed E-state index contributed by atoms with van der Waals surface area (Å²) in [6, 6.07) is -0.718. The number of amides is 2. The molecule has 122 valence electrons. The number of carbonyl (C=O) groups excluding carboxylic acids is 2. The highest BCUT2D eigenvalue weighted by molar-refractivity contribution is 5.76. The van der Waals surface area contributed by atoms with Crippen LogP contribution in [-0.4, -0.2) is 37.0 Å². The smallest absolute Gasteiger partial charge is 0.220 e. The van der Waals surface area contributed by atoms with E-state index in [0.717, 1.165) is 12.8 Å². The van der Waals surface area contributed by atoms with Gasteiger partial charge in [-0.15, -0.1) is 0 Å². The van der Waals surface area contributed by atoms with Crippen LogP contribution in [0.4, 0.5) is 0 Å². The molecule has 0 bridgehead atoms. The molecule has 2 amide bonds. The van der Waals surface area contributed by atoms with Crippen molar-refractivity contribution in [3.05, 3.63) is 20.9 Å². The molecule has 0 aliphatic rings. The topological polar surface area (TPSA) is 156 Å². The molecule has 2 unspecified atom stereocenters. The monoisotopic (exact) mass is 310 g/mol. The number of unbranched alkanes of at least 4 members (excludes halogenated alkanes) is 1. The van der Waals surface area contributed by atoms with Gasteiger partial charge in [0.15, 0.2) is 0 Å². The fourth-order valence-electron chi connectivity index (χ4n) is 1.64. The molecule has 0 aromatic heterocycles. The summed E-state index contributed by atoms with van der Waals surface area (Å²) >= 11 is 0. The first-order valence-corrected chi connectivity index (χ1v) is 7.11. The molecule has 0 rings (SSSR count). The van der Waals surface area contributed by atoms with E-state index in [1.54, 1.807) is 13.8 Å². The fraction of sp³-hybridized carbons (Fsp3) is 0.833. The van der Waals surface area contributed by atoms with Gasteiger partial charge in [0.1, 0.15) is 0 Å². The third-order valence-corrected chi connectivity index (χ3v) is 2.71. The predicted octanol–water partition coefficient (Wildman–Crippen LogP) is 2.18. The van der Waals surface area contributed by atoms with Crippen molar-refractivity contribution in [3.63, 3.8) is 0 Å². The van der Waals surface area contributed by atoms with Gasteiger partial charge >= 0.3 is 0 Å². The Kier molecular flexibility index (Phi) is 10.9. The Morgan fingerprint density at radius 3 is 1.59 bits per heavy atom. The number of hydrogen-bond donors (Lipinski definition) is 2. The van der Waals surface area contributed by atoms with Crippen LogP contribution >= 0.6 is 0 Å². The molecular formula is C12H22N8O2. The number of rotatable bonds is 11. The van der Waals surface area contributed by atoms with Crippen molar-refractivity contribution in [2.45, 2.75) is 51.6 Å². The average molecular weight is 310 g/mol. The van der Waals surface area contributed by atoms with Crippen LogP contribution < -0.4 is 10.6 Å². The summed E-state index contributed by atoms with van der Waals surface area (Å²) in [4.78, 5) is 28.2. The van der Waals surface area contributed by atoms with Crippen LogP contribution in [-0.2, 0) is 9.59 Å². The van der Waals surface area contributed by atoms with Crippen LogP contribution in [0.3, 0.4) is 0 Å². The van der Waals surface area contributed by atoms with E-state index in [2.05, 4.69) is 30.7 Å². The first kappa shape index (κ1) is 19.6. The quantitative estimate of drug-likeness (QED) is 0.259. The summed E-state index contributed by atoms with van der Waals surface area (Å²) in [7, 11) is 0. The van der Waals surface area contributed by atoms with Crippen LogP contribution in [0.1, 0.15) is 39.5 Å². The predicted molar refractivity (Wildman–Crippen MR) is 81.7 cm³/mol. The molecule has 2 N–H and O–H groups in total. The van der Waals surface area contributed by atoms with Gasteiger partial charge in [-0.25, -0.2) is 0 Å². The van der Waals surface area contributed by atoms with Gasteiger partial charge in [0.25, 0.3) is 0 Å². The van der Waals surface area contributed by atoms with Gasteiger partial charge in [0.05, 0.1) is 0 Å². The van der Waals surface area contributed by atoms with Crippen molar-refractivity contribution in [1.29, 1.82) is 0 Å². The zero-order chi connectivity index (χ0) is 16.8. The van der Waals surface area contributed by atoms with E-state index in [1.807, 2.05) is 0 Å². The van der Waals surface area contributed by atoms with Crippen LogP contribution in [0.25, 0.3) is 20.9 Å². The molecule has 0 fully saturated rings. The van der Waals surface area contributed by atoms with Crippen LogP contribution in [0, 0.1) is 0 Å². The Hall–Kier alpha value is -2.44. The first-order chi connectivity index (χ1) is 10.5. The Morgan fingerprint density at radius 1 is 0.909 bits per heavy atom. The third kappa shape index (κ3) is 11.4. The van der Waals surface area contributed by atoms with E-state index in [-0.39, 0.29) is 36.7 Å². The number of nitrogens with zero attached hydrogens (tertiary/aromatic N) is 6. The van der Waals surface area contributed by atoms with E-state index in [1.165, 1.54) is 0 Å². The number of carbonyl (C=O) groups is 2. The van der Waals surface area contributed by atoms with E-state index in [9.17, 15) is 9.59 Å². The molecule has 0 aromatic carbocycles. The van der Waals surface area contributed by atoms with Gasteiger partial charge in [-0.1, -0.05) is 24.1 Å². The number of nitrogens with one attached hydrogen (secondary N) is 2. The molecule has 0 aliphatic carbocycles. The van der Waals surface area contributed by atoms with Crippen molar-refractivity contribution in [1.82, 2.24) is 10.6 Å². The van der Waals surface area contributed by atoms with Gasteiger partial charge in [0.2, 0.25) is 11.8 Å². The highest BCUT2D eigenvalue weighted by Crippen LogP contribution is 1.98. The minimum atomic E-state index is -0.359. The van der Waals surface area contributed by atoms with Crippen molar-refractivity contribution in [2.75, 3.05) is 13.1 Å². The summed E-state index contributed by atoms with van der Waals surface area (Å²) in [6.45, 7) is 4.36. The summed E-state index contributed by atoms with van der Waals surface area (Å²) in [5.41, 5.74) is 16.4. The van der Waals surface area contributed by atoms with E-state index in [0.29, 0.717) is 13.1 Å². The average Bonchev–Trinajstić information content (AvgIpc) is 2.42. The Morgan fingerprint density at radius 2 is 1.27 bits per heavy atom. The van der Waals surface area contributed by atoms with Crippen LogP contribution in [0.2, 0.25) is 0 Å². The molecule has 0 spiro atoms. The van der Waals surface area contributed by atoms with Gasteiger partial charge in [0, 0.05) is 47.8 Å². The Balaban J connectivity index is 3.61. The maximum atomic E-state index is 11.4. The number of azide groups is 2. The second-order valence-corrected chi connectivity index (χ2v) is 4.92. The maximum absolute atomic E-state index is 11.4. The zero-order valence-corrected chi connectivity index (χ0v) is 12.9. The molecule has 22 heavy (non-hydrogen) atoms. The van der Waals surface area contributed by atoms with Gasteiger partial charge in [-0.05, 0) is 23.9 Å². The second kappa shape index (κ2) is 12.3. The van der Waals surface area contributed by atoms with Crippen LogP contribution in [0.5, 0.6) is 0 Å². The summed E-state index contributed by atoms with van der Waals surface area (Å²) in [5.74, 6) is -0.320. The van der Waals surface area contributed by atoms with E-state index >= 15 is 0 Å². The summed E-state index contributed by atoms with van der Waals surface area (Å²) in [6.07, 6.45) is 1.79. The molecule has 0 aromatic rings. The minimum Gasteiger partial charge on any atom is -0.356 e. The van der Waals surface area contributed by atoms with Crippen molar-refractivity contribution >= 4 is 11.8 Å². The fourth-order valence-corrected chi connectivity index (χ4v) is 1.64. The molecule has 2 atom stereocenters. The lowest BCUT2D eigenvalue weighted by Crippen LogP contribution is -2.29. The zero-order valence-electron chi connectivity index (χ0n) is 12.9. The van der Waals surface area contributed by atoms with E-state index < -0.39 is 0 Å². The van der Waals surface area contributed by atoms with Gasteiger partial charge in [-0.2, -0.15) is 0 Å². The summed E-state index contributed by atoms with van der Waals surface area (Å²) < 4.78 is 0.